The number of hydrogen-bond donors (Lipinski definition) is 2. The van der Waals surface area contributed by atoms with Crippen molar-refractivity contribution < 1.29 is 9.53 Å². The molecule has 1 aromatic rings. The van der Waals surface area contributed by atoms with E-state index in [1.165, 1.54) is 0 Å². The topological polar surface area (TPSA) is 50.4 Å². The Labute approximate surface area is 118 Å². The average molecular weight is 283 g/mol. The summed E-state index contributed by atoms with van der Waals surface area (Å²) in [5.74, 6) is -0.124. The summed E-state index contributed by atoms with van der Waals surface area (Å²) in [4.78, 5) is 11.8. The molecule has 1 heterocycles. The van der Waals surface area contributed by atoms with Gasteiger partial charge in [-0.3, -0.25) is 4.79 Å². The molecule has 0 saturated carbocycles. The largest absolute Gasteiger partial charge is 0.363 e. The van der Waals surface area contributed by atoms with Crippen LogP contribution in [0, 0.1) is 0 Å². The smallest absolute Gasteiger partial charge is 0.246 e. The van der Waals surface area contributed by atoms with Gasteiger partial charge in [0.05, 0.1) is 11.6 Å². The highest BCUT2D eigenvalue weighted by Crippen LogP contribution is 2.22. The molecule has 5 heteroatoms. The van der Waals surface area contributed by atoms with E-state index in [0.29, 0.717) is 5.02 Å². The molecule has 1 saturated heterocycles. The minimum atomic E-state index is -0.203. The molecule has 1 aliphatic heterocycles. The molecule has 4 nitrogen and oxygen atoms in total. The van der Waals surface area contributed by atoms with E-state index in [9.17, 15) is 4.79 Å². The first-order valence-electron chi connectivity index (χ1n) is 6.39. The van der Waals surface area contributed by atoms with Gasteiger partial charge in [-0.2, -0.15) is 0 Å². The lowest BCUT2D eigenvalue weighted by Crippen LogP contribution is -2.59. The molecule has 0 aliphatic carbocycles. The molecule has 1 atom stereocenters. The molecule has 19 heavy (non-hydrogen) atoms. The fourth-order valence-corrected chi connectivity index (χ4v) is 2.31. The maximum absolute atomic E-state index is 11.8. The molecule has 104 valence electrons. The predicted octanol–water partition coefficient (Wildman–Crippen LogP) is 1.90. The van der Waals surface area contributed by atoms with Gasteiger partial charge in [0, 0.05) is 18.1 Å². The van der Waals surface area contributed by atoms with E-state index in [0.717, 1.165) is 18.7 Å². The van der Waals surface area contributed by atoms with Gasteiger partial charge in [0.1, 0.15) is 6.61 Å². The summed E-state index contributed by atoms with van der Waals surface area (Å²) >= 11 is 6.09. The van der Waals surface area contributed by atoms with E-state index in [4.69, 9.17) is 16.3 Å². The maximum Gasteiger partial charge on any atom is 0.246 e. The SMILES string of the molecule is C[C@H](NC(=O)COC1(C)CNC1)c1ccccc1Cl. The molecule has 1 amide bonds. The predicted molar refractivity (Wildman–Crippen MR) is 75.2 cm³/mol. The van der Waals surface area contributed by atoms with Gasteiger partial charge in [-0.05, 0) is 25.5 Å². The van der Waals surface area contributed by atoms with Gasteiger partial charge in [0.2, 0.25) is 5.91 Å². The number of halogens is 1. The minimum Gasteiger partial charge on any atom is -0.363 e. The third-order valence-corrected chi connectivity index (χ3v) is 3.64. The van der Waals surface area contributed by atoms with Crippen LogP contribution in [-0.2, 0) is 9.53 Å². The molecule has 0 aromatic heterocycles. The molecular formula is C14H19ClN2O2. The van der Waals surface area contributed by atoms with Gasteiger partial charge in [0.25, 0.3) is 0 Å². The van der Waals surface area contributed by atoms with Gasteiger partial charge in [0.15, 0.2) is 0 Å². The van der Waals surface area contributed by atoms with Crippen molar-refractivity contribution in [2.75, 3.05) is 19.7 Å². The summed E-state index contributed by atoms with van der Waals surface area (Å²) in [6.07, 6.45) is 0. The van der Waals surface area contributed by atoms with Crippen LogP contribution in [0.25, 0.3) is 0 Å². The Morgan fingerprint density at radius 2 is 2.21 bits per heavy atom. The van der Waals surface area contributed by atoms with Crippen molar-refractivity contribution in [1.29, 1.82) is 0 Å². The Hall–Kier alpha value is -1.10. The molecule has 0 radical (unpaired) electrons. The molecular weight excluding hydrogens is 264 g/mol. The second-order valence-corrected chi connectivity index (χ2v) is 5.56. The summed E-state index contributed by atoms with van der Waals surface area (Å²) in [5.41, 5.74) is 0.708. The quantitative estimate of drug-likeness (QED) is 0.867. The van der Waals surface area contributed by atoms with Gasteiger partial charge in [-0.1, -0.05) is 29.8 Å². The number of hydrogen-bond acceptors (Lipinski definition) is 3. The number of ether oxygens (including phenoxy) is 1. The van der Waals surface area contributed by atoms with Crippen LogP contribution < -0.4 is 10.6 Å². The van der Waals surface area contributed by atoms with E-state index in [2.05, 4.69) is 10.6 Å². The van der Waals surface area contributed by atoms with E-state index in [1.807, 2.05) is 38.1 Å². The molecule has 1 aromatic carbocycles. The fourth-order valence-electron chi connectivity index (χ4n) is 2.01. The number of rotatable bonds is 5. The van der Waals surface area contributed by atoms with Crippen LogP contribution >= 0.6 is 11.6 Å². The van der Waals surface area contributed by atoms with Crippen LogP contribution in [0.4, 0.5) is 0 Å². The summed E-state index contributed by atoms with van der Waals surface area (Å²) < 4.78 is 5.59. The number of benzene rings is 1. The zero-order valence-corrected chi connectivity index (χ0v) is 12.0. The molecule has 0 unspecified atom stereocenters. The fraction of sp³-hybridized carbons (Fsp3) is 0.500. The van der Waals surface area contributed by atoms with E-state index in [-0.39, 0.29) is 24.2 Å². The van der Waals surface area contributed by atoms with E-state index >= 15 is 0 Å². The van der Waals surface area contributed by atoms with Gasteiger partial charge < -0.3 is 15.4 Å². The first-order valence-corrected chi connectivity index (χ1v) is 6.76. The summed E-state index contributed by atoms with van der Waals surface area (Å²) in [5, 5.41) is 6.67. The Morgan fingerprint density at radius 3 is 2.79 bits per heavy atom. The van der Waals surface area contributed by atoms with Crippen molar-refractivity contribution in [2.24, 2.45) is 0 Å². The number of nitrogens with one attached hydrogen (secondary N) is 2. The summed E-state index contributed by atoms with van der Waals surface area (Å²) in [6, 6.07) is 7.37. The molecule has 0 bridgehead atoms. The molecule has 2 N–H and O–H groups in total. The molecule has 1 aliphatic rings. The Morgan fingerprint density at radius 1 is 1.53 bits per heavy atom. The van der Waals surface area contributed by atoms with Crippen molar-refractivity contribution in [1.82, 2.24) is 10.6 Å². The van der Waals surface area contributed by atoms with Crippen LogP contribution in [0.2, 0.25) is 5.02 Å². The lowest BCUT2D eigenvalue weighted by atomic mass is 10.0. The van der Waals surface area contributed by atoms with Crippen LogP contribution in [0.15, 0.2) is 24.3 Å². The van der Waals surface area contributed by atoms with E-state index < -0.39 is 0 Å². The van der Waals surface area contributed by atoms with Crippen LogP contribution in [0.3, 0.4) is 0 Å². The van der Waals surface area contributed by atoms with Crippen LogP contribution in [0.5, 0.6) is 0 Å². The van der Waals surface area contributed by atoms with Crippen molar-refractivity contribution in [2.45, 2.75) is 25.5 Å². The van der Waals surface area contributed by atoms with Crippen molar-refractivity contribution in [3.63, 3.8) is 0 Å². The van der Waals surface area contributed by atoms with Crippen LogP contribution in [0.1, 0.15) is 25.5 Å². The molecule has 0 spiro atoms. The maximum atomic E-state index is 11.8. The number of amides is 1. The van der Waals surface area contributed by atoms with Crippen LogP contribution in [-0.4, -0.2) is 31.2 Å². The van der Waals surface area contributed by atoms with Gasteiger partial charge in [-0.25, -0.2) is 0 Å². The molecule has 2 rings (SSSR count). The van der Waals surface area contributed by atoms with Gasteiger partial charge in [-0.15, -0.1) is 0 Å². The minimum absolute atomic E-state index is 0.0764. The number of carbonyl (C=O) groups excluding carboxylic acids is 1. The third-order valence-electron chi connectivity index (χ3n) is 3.30. The first-order chi connectivity index (χ1) is 9.00. The highest BCUT2D eigenvalue weighted by Gasteiger charge is 2.33. The van der Waals surface area contributed by atoms with Gasteiger partial charge >= 0.3 is 0 Å². The van der Waals surface area contributed by atoms with Crippen molar-refractivity contribution in [3.8, 4) is 0 Å². The standard InChI is InChI=1S/C14H19ClN2O2/c1-10(11-5-3-4-6-12(11)15)17-13(18)7-19-14(2)8-16-9-14/h3-6,10,16H,7-9H2,1-2H3,(H,17,18)/t10-/m0/s1. The lowest BCUT2D eigenvalue weighted by Gasteiger charge is -2.38. The first kappa shape index (κ1) is 14.3. The zero-order chi connectivity index (χ0) is 13.9. The zero-order valence-electron chi connectivity index (χ0n) is 11.2. The Kier molecular flexibility index (Phi) is 4.45. The average Bonchev–Trinajstić information content (AvgIpc) is 2.34. The lowest BCUT2D eigenvalue weighted by molar-refractivity contribution is -0.136. The monoisotopic (exact) mass is 282 g/mol. The summed E-state index contributed by atoms with van der Waals surface area (Å²) in [7, 11) is 0. The van der Waals surface area contributed by atoms with Crippen molar-refractivity contribution >= 4 is 17.5 Å². The second-order valence-electron chi connectivity index (χ2n) is 5.15. The second kappa shape index (κ2) is 5.90. The number of carbonyl (C=O) groups is 1. The molecule has 1 fully saturated rings. The van der Waals surface area contributed by atoms with Crippen molar-refractivity contribution in [3.05, 3.63) is 34.9 Å². The normalized spacial score (nSPS) is 18.5. The Balaban J connectivity index is 1.83. The highest BCUT2D eigenvalue weighted by molar-refractivity contribution is 6.31. The van der Waals surface area contributed by atoms with E-state index in [1.54, 1.807) is 0 Å². The highest BCUT2D eigenvalue weighted by atomic mass is 35.5. The Bertz CT molecular complexity index is 461. The summed E-state index contributed by atoms with van der Waals surface area (Å²) in [6.45, 7) is 5.56. The third kappa shape index (κ3) is 3.69.